The van der Waals surface area contributed by atoms with Crippen molar-refractivity contribution in [1.82, 2.24) is 9.99 Å². The predicted molar refractivity (Wildman–Crippen MR) is 92.0 cm³/mol. The Kier molecular flexibility index (Phi) is 4.20. The van der Waals surface area contributed by atoms with Crippen molar-refractivity contribution in [2.45, 2.75) is 32.7 Å². The number of pyridine rings is 1. The molecule has 2 heterocycles. The van der Waals surface area contributed by atoms with Crippen molar-refractivity contribution >= 4 is 17.4 Å². The van der Waals surface area contributed by atoms with E-state index < -0.39 is 17.3 Å². The van der Waals surface area contributed by atoms with Gasteiger partial charge in [0.05, 0.1) is 23.0 Å². The van der Waals surface area contributed by atoms with Gasteiger partial charge in [-0.3, -0.25) is 14.6 Å². The molecule has 0 spiro atoms. The molecule has 5 nitrogen and oxygen atoms in total. The Morgan fingerprint density at radius 1 is 1.24 bits per heavy atom. The lowest BCUT2D eigenvalue weighted by Gasteiger charge is -2.28. The second-order valence-electron chi connectivity index (χ2n) is 6.65. The second kappa shape index (κ2) is 6.20. The van der Waals surface area contributed by atoms with Gasteiger partial charge in [0, 0.05) is 18.2 Å². The van der Waals surface area contributed by atoms with E-state index in [-0.39, 0.29) is 11.3 Å². The fourth-order valence-corrected chi connectivity index (χ4v) is 2.84. The highest BCUT2D eigenvalue weighted by Gasteiger charge is 2.39. The maximum Gasteiger partial charge on any atom is 0.277 e. The largest absolute Gasteiger partial charge is 0.295 e. The molecule has 0 fully saturated rings. The molecule has 0 N–H and O–H groups in total. The molecule has 0 unspecified atom stereocenters. The van der Waals surface area contributed by atoms with Gasteiger partial charge in [-0.15, -0.1) is 0 Å². The second-order valence-corrected chi connectivity index (χ2v) is 6.65. The van der Waals surface area contributed by atoms with Crippen LogP contribution in [0.2, 0.25) is 0 Å². The quantitative estimate of drug-likeness (QED) is 0.805. The Bertz CT molecular complexity index is 890. The molecule has 0 radical (unpaired) electrons. The third-order valence-electron chi connectivity index (χ3n) is 4.19. The van der Waals surface area contributed by atoms with E-state index in [9.17, 15) is 14.0 Å². The van der Waals surface area contributed by atoms with Gasteiger partial charge in [-0.05, 0) is 38.5 Å². The molecule has 1 aliphatic heterocycles. The summed E-state index contributed by atoms with van der Waals surface area (Å²) >= 11 is 0. The van der Waals surface area contributed by atoms with E-state index in [2.05, 4.69) is 10.1 Å². The first-order valence-corrected chi connectivity index (χ1v) is 7.92. The van der Waals surface area contributed by atoms with Gasteiger partial charge in [0.15, 0.2) is 11.6 Å². The molecular formula is C19H18FN3O2. The summed E-state index contributed by atoms with van der Waals surface area (Å²) in [4.78, 5) is 28.0. The highest BCUT2D eigenvalue weighted by atomic mass is 19.1. The SMILES string of the molecule is CC(=O)c1cccc(C2=NN(C(=O)c3ccncc3F)C(C)(C)C2)c1. The fourth-order valence-electron chi connectivity index (χ4n) is 2.84. The summed E-state index contributed by atoms with van der Waals surface area (Å²) in [6.45, 7) is 5.24. The van der Waals surface area contributed by atoms with Crippen LogP contribution in [-0.4, -0.2) is 32.9 Å². The zero-order valence-electron chi connectivity index (χ0n) is 14.3. The molecule has 0 aliphatic carbocycles. The van der Waals surface area contributed by atoms with E-state index in [1.54, 1.807) is 18.2 Å². The van der Waals surface area contributed by atoms with Crippen LogP contribution in [0, 0.1) is 5.82 Å². The van der Waals surface area contributed by atoms with Gasteiger partial charge in [0.1, 0.15) is 0 Å². The molecule has 1 aliphatic rings. The van der Waals surface area contributed by atoms with Crippen LogP contribution in [0.15, 0.2) is 47.8 Å². The molecule has 0 atom stereocenters. The summed E-state index contributed by atoms with van der Waals surface area (Å²) in [5, 5.41) is 5.74. The Labute approximate surface area is 145 Å². The van der Waals surface area contributed by atoms with Crippen molar-refractivity contribution in [2.24, 2.45) is 5.10 Å². The minimum absolute atomic E-state index is 0.0357. The number of benzene rings is 1. The van der Waals surface area contributed by atoms with E-state index in [0.717, 1.165) is 11.8 Å². The molecule has 25 heavy (non-hydrogen) atoms. The van der Waals surface area contributed by atoms with Crippen LogP contribution in [0.1, 0.15) is 53.5 Å². The van der Waals surface area contributed by atoms with Gasteiger partial charge < -0.3 is 0 Å². The molecule has 0 saturated heterocycles. The van der Waals surface area contributed by atoms with E-state index in [4.69, 9.17) is 0 Å². The summed E-state index contributed by atoms with van der Waals surface area (Å²) in [5.74, 6) is -1.22. The summed E-state index contributed by atoms with van der Waals surface area (Å²) < 4.78 is 13.9. The number of rotatable bonds is 3. The number of aromatic nitrogens is 1. The lowest BCUT2D eigenvalue weighted by molar-refractivity contribution is 0.0607. The van der Waals surface area contributed by atoms with E-state index in [1.165, 1.54) is 24.2 Å². The lowest BCUT2D eigenvalue weighted by Crippen LogP contribution is -2.41. The molecule has 0 bridgehead atoms. The van der Waals surface area contributed by atoms with Crippen LogP contribution in [0.25, 0.3) is 0 Å². The van der Waals surface area contributed by atoms with Crippen molar-refractivity contribution in [3.05, 3.63) is 65.2 Å². The number of nitrogens with zero attached hydrogens (tertiary/aromatic N) is 3. The fraction of sp³-hybridized carbons (Fsp3) is 0.263. The first kappa shape index (κ1) is 17.0. The van der Waals surface area contributed by atoms with Crippen LogP contribution < -0.4 is 0 Å². The maximum atomic E-state index is 13.9. The number of ketones is 1. The zero-order chi connectivity index (χ0) is 18.2. The van der Waals surface area contributed by atoms with E-state index in [0.29, 0.717) is 17.7 Å². The number of carbonyl (C=O) groups excluding carboxylic acids is 2. The van der Waals surface area contributed by atoms with Gasteiger partial charge in [-0.2, -0.15) is 5.10 Å². The molecule has 1 aromatic heterocycles. The molecule has 2 aromatic rings. The molecule has 1 aromatic carbocycles. The minimum atomic E-state index is -0.675. The Morgan fingerprint density at radius 3 is 2.68 bits per heavy atom. The van der Waals surface area contributed by atoms with Gasteiger partial charge in [-0.1, -0.05) is 18.2 Å². The third kappa shape index (κ3) is 3.20. The smallest absolute Gasteiger partial charge is 0.277 e. The molecule has 6 heteroatoms. The Morgan fingerprint density at radius 2 is 2.00 bits per heavy atom. The maximum absolute atomic E-state index is 13.9. The third-order valence-corrected chi connectivity index (χ3v) is 4.19. The Hall–Kier alpha value is -2.89. The van der Waals surface area contributed by atoms with Crippen molar-refractivity contribution < 1.29 is 14.0 Å². The summed E-state index contributed by atoms with van der Waals surface area (Å²) in [7, 11) is 0. The number of halogens is 1. The predicted octanol–water partition coefficient (Wildman–Crippen LogP) is 3.45. The van der Waals surface area contributed by atoms with E-state index >= 15 is 0 Å². The molecular weight excluding hydrogens is 321 g/mol. The van der Waals surface area contributed by atoms with Crippen molar-refractivity contribution in [3.63, 3.8) is 0 Å². The van der Waals surface area contributed by atoms with Crippen molar-refractivity contribution in [3.8, 4) is 0 Å². The van der Waals surface area contributed by atoms with E-state index in [1.807, 2.05) is 19.9 Å². The number of hydrazone groups is 1. The number of hydrogen-bond donors (Lipinski definition) is 0. The van der Waals surface area contributed by atoms with Crippen molar-refractivity contribution in [1.29, 1.82) is 0 Å². The number of carbonyl (C=O) groups is 2. The average molecular weight is 339 g/mol. The topological polar surface area (TPSA) is 62.6 Å². The van der Waals surface area contributed by atoms with Crippen LogP contribution in [0.4, 0.5) is 4.39 Å². The Balaban J connectivity index is 1.98. The standard InChI is InChI=1S/C19H18FN3O2/c1-12(24)13-5-4-6-14(9-13)17-10-19(2,3)23(22-17)18(25)15-7-8-21-11-16(15)20/h4-9,11H,10H2,1-3H3. The molecule has 1 amide bonds. The lowest BCUT2D eigenvalue weighted by atomic mass is 9.93. The summed E-state index contributed by atoms with van der Waals surface area (Å²) in [6.07, 6.45) is 2.89. The average Bonchev–Trinajstić information content (AvgIpc) is 2.90. The summed E-state index contributed by atoms with van der Waals surface area (Å²) in [5.41, 5.74) is 1.39. The molecule has 0 saturated carbocycles. The molecule has 128 valence electrons. The van der Waals surface area contributed by atoms with Crippen LogP contribution in [-0.2, 0) is 0 Å². The minimum Gasteiger partial charge on any atom is -0.295 e. The van der Waals surface area contributed by atoms with Crippen molar-refractivity contribution in [2.75, 3.05) is 0 Å². The van der Waals surface area contributed by atoms with Gasteiger partial charge in [0.25, 0.3) is 5.91 Å². The first-order chi connectivity index (χ1) is 11.8. The van der Waals surface area contributed by atoms with Gasteiger partial charge >= 0.3 is 0 Å². The highest BCUT2D eigenvalue weighted by molar-refractivity contribution is 6.07. The van der Waals surface area contributed by atoms with Crippen LogP contribution in [0.3, 0.4) is 0 Å². The summed E-state index contributed by atoms with van der Waals surface area (Å²) in [6, 6.07) is 8.48. The number of Topliss-reactive ketones (excluding diaryl/α,β-unsaturated/α-hetero) is 1. The monoisotopic (exact) mass is 339 g/mol. The van der Waals surface area contributed by atoms with Crippen LogP contribution in [0.5, 0.6) is 0 Å². The highest BCUT2D eigenvalue weighted by Crippen LogP contribution is 2.31. The molecule has 3 rings (SSSR count). The zero-order valence-corrected chi connectivity index (χ0v) is 14.3. The van der Waals surface area contributed by atoms with Gasteiger partial charge in [-0.25, -0.2) is 9.40 Å². The number of amides is 1. The first-order valence-electron chi connectivity index (χ1n) is 7.92. The van der Waals surface area contributed by atoms with Crippen LogP contribution >= 0.6 is 0 Å². The van der Waals surface area contributed by atoms with Gasteiger partial charge in [0.2, 0.25) is 0 Å². The normalized spacial score (nSPS) is 15.8. The number of hydrogen-bond acceptors (Lipinski definition) is 4.